The van der Waals surface area contributed by atoms with Crippen molar-refractivity contribution >= 4 is 5.95 Å². The summed E-state index contributed by atoms with van der Waals surface area (Å²) in [6.45, 7) is 6.85. The second-order valence-electron chi connectivity index (χ2n) is 5.11. The number of nitrogens with zero attached hydrogens (tertiary/aromatic N) is 3. The SMILES string of the molecule is CC(C)CC1CCN(c2ncccn2)CC1. The molecule has 0 unspecified atom stereocenters. The van der Waals surface area contributed by atoms with Crippen molar-refractivity contribution in [2.75, 3.05) is 18.0 Å². The highest BCUT2D eigenvalue weighted by Crippen LogP contribution is 2.25. The Labute approximate surface area is 97.9 Å². The van der Waals surface area contributed by atoms with Gasteiger partial charge in [-0.3, -0.25) is 0 Å². The molecule has 0 aromatic carbocycles. The molecule has 3 nitrogen and oxygen atoms in total. The predicted molar refractivity (Wildman–Crippen MR) is 66.4 cm³/mol. The van der Waals surface area contributed by atoms with E-state index in [2.05, 4.69) is 28.7 Å². The Morgan fingerprint density at radius 2 is 1.88 bits per heavy atom. The van der Waals surface area contributed by atoms with Crippen molar-refractivity contribution in [3.05, 3.63) is 18.5 Å². The van der Waals surface area contributed by atoms with Gasteiger partial charge in [0.25, 0.3) is 0 Å². The van der Waals surface area contributed by atoms with Crippen molar-refractivity contribution in [2.24, 2.45) is 11.8 Å². The van der Waals surface area contributed by atoms with Crippen LogP contribution in [0, 0.1) is 11.8 Å². The summed E-state index contributed by atoms with van der Waals surface area (Å²) in [5.41, 5.74) is 0. The zero-order valence-corrected chi connectivity index (χ0v) is 10.3. The first-order valence-corrected chi connectivity index (χ1v) is 6.27. The standard InChI is InChI=1S/C13H21N3/c1-11(2)10-12-4-8-16(9-5-12)13-14-6-3-7-15-13/h3,6-7,11-12H,4-5,8-10H2,1-2H3. The topological polar surface area (TPSA) is 29.0 Å². The first-order valence-electron chi connectivity index (χ1n) is 6.27. The zero-order valence-electron chi connectivity index (χ0n) is 10.3. The minimum atomic E-state index is 0.824. The molecule has 1 fully saturated rings. The fourth-order valence-electron chi connectivity index (χ4n) is 2.49. The molecular weight excluding hydrogens is 198 g/mol. The van der Waals surface area contributed by atoms with Gasteiger partial charge in [-0.05, 0) is 37.2 Å². The molecule has 1 aliphatic rings. The van der Waals surface area contributed by atoms with Gasteiger partial charge in [0.15, 0.2) is 0 Å². The van der Waals surface area contributed by atoms with E-state index in [0.717, 1.165) is 30.9 Å². The van der Waals surface area contributed by atoms with Crippen LogP contribution in [0.2, 0.25) is 0 Å². The summed E-state index contributed by atoms with van der Waals surface area (Å²) in [6, 6.07) is 1.87. The Kier molecular flexibility index (Phi) is 3.75. The van der Waals surface area contributed by atoms with Crippen molar-refractivity contribution in [1.29, 1.82) is 0 Å². The Morgan fingerprint density at radius 1 is 1.25 bits per heavy atom. The van der Waals surface area contributed by atoms with Crippen LogP contribution in [-0.4, -0.2) is 23.1 Å². The summed E-state index contributed by atoms with van der Waals surface area (Å²) in [5, 5.41) is 0. The van der Waals surface area contributed by atoms with Crippen LogP contribution in [0.1, 0.15) is 33.1 Å². The molecule has 0 bridgehead atoms. The Balaban J connectivity index is 1.86. The van der Waals surface area contributed by atoms with Gasteiger partial charge in [-0.25, -0.2) is 9.97 Å². The van der Waals surface area contributed by atoms with E-state index < -0.39 is 0 Å². The highest BCUT2D eigenvalue weighted by molar-refractivity contribution is 5.28. The maximum absolute atomic E-state index is 4.30. The normalized spacial score (nSPS) is 18.1. The van der Waals surface area contributed by atoms with Crippen molar-refractivity contribution in [2.45, 2.75) is 33.1 Å². The molecule has 2 heterocycles. The molecule has 0 amide bonds. The van der Waals surface area contributed by atoms with Gasteiger partial charge in [-0.2, -0.15) is 0 Å². The van der Waals surface area contributed by atoms with Crippen molar-refractivity contribution in [1.82, 2.24) is 9.97 Å². The minimum Gasteiger partial charge on any atom is -0.341 e. The molecule has 1 aromatic rings. The monoisotopic (exact) mass is 219 g/mol. The van der Waals surface area contributed by atoms with Gasteiger partial charge < -0.3 is 4.90 Å². The third-order valence-corrected chi connectivity index (χ3v) is 3.25. The largest absolute Gasteiger partial charge is 0.341 e. The van der Waals surface area contributed by atoms with E-state index in [9.17, 15) is 0 Å². The molecule has 1 aliphatic heterocycles. The third-order valence-electron chi connectivity index (χ3n) is 3.25. The lowest BCUT2D eigenvalue weighted by molar-refractivity contribution is 0.336. The summed E-state index contributed by atoms with van der Waals surface area (Å²) in [6.07, 6.45) is 7.58. The Hall–Kier alpha value is -1.12. The maximum atomic E-state index is 4.30. The van der Waals surface area contributed by atoms with Crippen LogP contribution in [0.5, 0.6) is 0 Å². The predicted octanol–water partition coefficient (Wildman–Crippen LogP) is 2.74. The van der Waals surface area contributed by atoms with Gasteiger partial charge in [-0.15, -0.1) is 0 Å². The zero-order chi connectivity index (χ0) is 11.4. The molecule has 0 aliphatic carbocycles. The Bertz CT molecular complexity index is 302. The van der Waals surface area contributed by atoms with E-state index in [1.54, 1.807) is 0 Å². The number of hydrogen-bond donors (Lipinski definition) is 0. The number of rotatable bonds is 3. The lowest BCUT2D eigenvalue weighted by Crippen LogP contribution is -2.35. The van der Waals surface area contributed by atoms with Gasteiger partial charge >= 0.3 is 0 Å². The Morgan fingerprint density at radius 3 is 2.44 bits per heavy atom. The minimum absolute atomic E-state index is 0.824. The van der Waals surface area contributed by atoms with Crippen LogP contribution in [0.4, 0.5) is 5.95 Å². The molecule has 16 heavy (non-hydrogen) atoms. The maximum Gasteiger partial charge on any atom is 0.225 e. The average molecular weight is 219 g/mol. The molecule has 0 spiro atoms. The molecule has 2 rings (SSSR count). The summed E-state index contributed by atoms with van der Waals surface area (Å²) in [5.74, 6) is 2.62. The number of aromatic nitrogens is 2. The highest BCUT2D eigenvalue weighted by Gasteiger charge is 2.21. The van der Waals surface area contributed by atoms with Crippen LogP contribution < -0.4 is 4.90 Å². The average Bonchev–Trinajstić information content (AvgIpc) is 2.30. The quantitative estimate of drug-likeness (QED) is 0.782. The molecule has 88 valence electrons. The van der Waals surface area contributed by atoms with E-state index >= 15 is 0 Å². The summed E-state index contributed by atoms with van der Waals surface area (Å²) >= 11 is 0. The first kappa shape index (κ1) is 11.4. The van der Waals surface area contributed by atoms with E-state index in [1.807, 2.05) is 18.5 Å². The van der Waals surface area contributed by atoms with Crippen LogP contribution >= 0.6 is 0 Å². The van der Waals surface area contributed by atoms with Gasteiger partial charge in [0.1, 0.15) is 0 Å². The highest BCUT2D eigenvalue weighted by atomic mass is 15.2. The van der Waals surface area contributed by atoms with E-state index in [0.29, 0.717) is 0 Å². The first-order chi connectivity index (χ1) is 7.75. The van der Waals surface area contributed by atoms with Crippen molar-refractivity contribution < 1.29 is 0 Å². The third kappa shape index (κ3) is 2.94. The van der Waals surface area contributed by atoms with Gasteiger partial charge in [0, 0.05) is 25.5 Å². The molecular formula is C13H21N3. The van der Waals surface area contributed by atoms with E-state index in [1.165, 1.54) is 19.3 Å². The number of anilines is 1. The molecule has 1 aromatic heterocycles. The van der Waals surface area contributed by atoms with Crippen LogP contribution in [0.15, 0.2) is 18.5 Å². The second kappa shape index (κ2) is 5.28. The van der Waals surface area contributed by atoms with Crippen LogP contribution in [-0.2, 0) is 0 Å². The summed E-state index contributed by atoms with van der Waals surface area (Å²) < 4.78 is 0. The lowest BCUT2D eigenvalue weighted by Gasteiger charge is -2.32. The van der Waals surface area contributed by atoms with Gasteiger partial charge in [0.05, 0.1) is 0 Å². The fraction of sp³-hybridized carbons (Fsp3) is 0.692. The second-order valence-corrected chi connectivity index (χ2v) is 5.11. The number of hydrogen-bond acceptors (Lipinski definition) is 3. The van der Waals surface area contributed by atoms with E-state index in [4.69, 9.17) is 0 Å². The molecule has 0 saturated carbocycles. The van der Waals surface area contributed by atoms with Crippen molar-refractivity contribution in [3.8, 4) is 0 Å². The summed E-state index contributed by atoms with van der Waals surface area (Å²) in [4.78, 5) is 10.9. The molecule has 0 radical (unpaired) electrons. The molecule has 0 atom stereocenters. The van der Waals surface area contributed by atoms with Crippen molar-refractivity contribution in [3.63, 3.8) is 0 Å². The molecule has 3 heteroatoms. The van der Waals surface area contributed by atoms with Gasteiger partial charge in [0.2, 0.25) is 5.95 Å². The van der Waals surface area contributed by atoms with Crippen LogP contribution in [0.25, 0.3) is 0 Å². The molecule has 1 saturated heterocycles. The van der Waals surface area contributed by atoms with Crippen LogP contribution in [0.3, 0.4) is 0 Å². The summed E-state index contributed by atoms with van der Waals surface area (Å²) in [7, 11) is 0. The lowest BCUT2D eigenvalue weighted by atomic mass is 9.89. The fourth-order valence-corrected chi connectivity index (χ4v) is 2.49. The molecule has 0 N–H and O–H groups in total. The smallest absolute Gasteiger partial charge is 0.225 e. The number of piperidine rings is 1. The van der Waals surface area contributed by atoms with E-state index in [-0.39, 0.29) is 0 Å². The van der Waals surface area contributed by atoms with Gasteiger partial charge in [-0.1, -0.05) is 13.8 Å².